The van der Waals surface area contributed by atoms with Crippen LogP contribution in [0.4, 0.5) is 20.4 Å². The first-order valence-electron chi connectivity index (χ1n) is 9.41. The summed E-state index contributed by atoms with van der Waals surface area (Å²) in [7, 11) is 1.91. The maximum atomic E-state index is 12.5. The lowest BCUT2D eigenvalue weighted by atomic mass is 9.84. The number of anilines is 2. The number of nitrogen functional groups attached to an aromatic ring is 1. The molecule has 2 N–H and O–H groups in total. The van der Waals surface area contributed by atoms with Crippen LogP contribution in [0.25, 0.3) is 0 Å². The van der Waals surface area contributed by atoms with E-state index in [2.05, 4.69) is 21.9 Å². The van der Waals surface area contributed by atoms with Gasteiger partial charge in [-0.15, -0.1) is 0 Å². The molecule has 0 radical (unpaired) electrons. The normalized spacial score (nSPS) is 15.8. The molecule has 0 spiro atoms. The molecule has 0 aliphatic carbocycles. The maximum Gasteiger partial charge on any atom is 0.272 e. The summed E-state index contributed by atoms with van der Waals surface area (Å²) in [5.74, 6) is 3.10. The molecule has 0 amide bonds. The number of pyridine rings is 1. The van der Waals surface area contributed by atoms with E-state index < -0.39 is 13.0 Å². The predicted molar refractivity (Wildman–Crippen MR) is 115 cm³/mol. The highest BCUT2D eigenvalue weighted by Gasteiger charge is 2.29. The summed E-state index contributed by atoms with van der Waals surface area (Å²) in [4.78, 5) is 14.6. The molecule has 7 nitrogen and oxygen atoms in total. The lowest BCUT2D eigenvalue weighted by molar-refractivity contribution is 0.0804. The van der Waals surface area contributed by atoms with E-state index >= 15 is 0 Å². The van der Waals surface area contributed by atoms with Gasteiger partial charge in [0.05, 0.1) is 11.2 Å². The number of halogens is 3. The Morgan fingerprint density at radius 1 is 1.30 bits per heavy atom. The van der Waals surface area contributed by atoms with Crippen LogP contribution in [-0.4, -0.2) is 53.1 Å². The number of nitrogens with two attached hydrogens (primary N) is 1. The molecule has 1 saturated heterocycles. The second-order valence-corrected chi connectivity index (χ2v) is 9.12. The van der Waals surface area contributed by atoms with Crippen LogP contribution in [0.3, 0.4) is 0 Å². The van der Waals surface area contributed by atoms with Crippen LogP contribution < -0.4 is 20.1 Å². The third-order valence-electron chi connectivity index (χ3n) is 4.79. The lowest BCUT2D eigenvalue weighted by Gasteiger charge is -2.37. The van der Waals surface area contributed by atoms with E-state index in [-0.39, 0.29) is 33.8 Å². The number of aromatic nitrogens is 3. The lowest BCUT2D eigenvalue weighted by Crippen LogP contribution is -2.37. The van der Waals surface area contributed by atoms with Crippen molar-refractivity contribution in [3.8, 4) is 17.5 Å². The predicted octanol–water partition coefficient (Wildman–Crippen LogP) is 4.51. The average Bonchev–Trinajstić information content (AvgIpc) is 2.69. The zero-order chi connectivity index (χ0) is 21.7. The summed E-state index contributed by atoms with van der Waals surface area (Å²) in [5.41, 5.74) is 6.21. The Balaban J connectivity index is 1.78. The molecular weight excluding hydrogens is 436 g/mol. The van der Waals surface area contributed by atoms with E-state index in [4.69, 9.17) is 26.8 Å². The van der Waals surface area contributed by atoms with Crippen molar-refractivity contribution in [3.63, 3.8) is 0 Å². The van der Waals surface area contributed by atoms with Gasteiger partial charge in [0, 0.05) is 25.9 Å². The number of hydrogen-bond donors (Lipinski definition) is 1. The number of thioether (sulfide) groups is 1. The van der Waals surface area contributed by atoms with Gasteiger partial charge in [-0.3, -0.25) is 0 Å². The number of nitrogens with zero attached hydrogens (tertiary/aromatic N) is 4. The molecule has 1 aliphatic heterocycles. The van der Waals surface area contributed by atoms with E-state index in [0.29, 0.717) is 5.82 Å². The van der Waals surface area contributed by atoms with Gasteiger partial charge in [-0.1, -0.05) is 18.5 Å². The topological polar surface area (TPSA) is 86.4 Å². The first-order valence-corrected chi connectivity index (χ1v) is 10.9. The minimum atomic E-state index is -2.65. The molecule has 3 heterocycles. The quantitative estimate of drug-likeness (QED) is 0.616. The molecule has 30 heavy (non-hydrogen) atoms. The summed E-state index contributed by atoms with van der Waals surface area (Å²) < 4.78 is 35.8. The number of hydrogen-bond acceptors (Lipinski definition) is 8. The standard InChI is InChI=1S/C19H24ClF2N5O2S/c1-19(3-5-30-6-4-19)11-27(2)17-16(23)24-9-15(26-17)29-18-13(28-10-14(21)22)7-12(20)8-25-18/h7-9,14H,3-6,10-11H2,1-2H3,(H2,23,24). The van der Waals surface area contributed by atoms with Crippen LogP contribution in [0.5, 0.6) is 17.5 Å². The van der Waals surface area contributed by atoms with Crippen LogP contribution in [-0.2, 0) is 0 Å². The Morgan fingerprint density at radius 2 is 2.03 bits per heavy atom. The summed E-state index contributed by atoms with van der Waals surface area (Å²) >= 11 is 7.86. The van der Waals surface area contributed by atoms with Crippen molar-refractivity contribution in [1.29, 1.82) is 0 Å². The monoisotopic (exact) mass is 459 g/mol. The molecular formula is C19H24ClF2N5O2S. The van der Waals surface area contributed by atoms with Crippen LogP contribution in [0.2, 0.25) is 5.02 Å². The first-order chi connectivity index (χ1) is 14.3. The van der Waals surface area contributed by atoms with Crippen LogP contribution >= 0.6 is 23.4 Å². The highest BCUT2D eigenvalue weighted by molar-refractivity contribution is 7.99. The number of rotatable bonds is 8. The molecule has 2 aromatic rings. The van der Waals surface area contributed by atoms with E-state index in [9.17, 15) is 8.78 Å². The SMILES string of the molecule is CN(CC1(C)CCSCC1)c1nc(Oc2ncc(Cl)cc2OCC(F)F)cnc1N. The molecule has 11 heteroatoms. The summed E-state index contributed by atoms with van der Waals surface area (Å²) in [5, 5.41) is 0.231. The second kappa shape index (κ2) is 9.82. The molecule has 0 unspecified atom stereocenters. The van der Waals surface area contributed by atoms with Crippen molar-refractivity contribution >= 4 is 35.0 Å². The van der Waals surface area contributed by atoms with Crippen molar-refractivity contribution in [3.05, 3.63) is 23.5 Å². The zero-order valence-electron chi connectivity index (χ0n) is 16.8. The van der Waals surface area contributed by atoms with Crippen LogP contribution in [0.15, 0.2) is 18.5 Å². The molecule has 1 fully saturated rings. The third kappa shape index (κ3) is 5.98. The average molecular weight is 460 g/mol. The maximum absolute atomic E-state index is 12.5. The van der Waals surface area contributed by atoms with Gasteiger partial charge in [-0.25, -0.2) is 18.7 Å². The van der Waals surface area contributed by atoms with Crippen LogP contribution in [0.1, 0.15) is 19.8 Å². The van der Waals surface area contributed by atoms with Crippen molar-refractivity contribution in [2.45, 2.75) is 26.2 Å². The van der Waals surface area contributed by atoms with Gasteiger partial charge in [0.25, 0.3) is 12.3 Å². The fourth-order valence-corrected chi connectivity index (χ4v) is 4.84. The van der Waals surface area contributed by atoms with Gasteiger partial charge in [-0.05, 0) is 29.8 Å². The Labute approximate surface area is 183 Å². The number of ether oxygens (including phenoxy) is 2. The van der Waals surface area contributed by atoms with Gasteiger partial charge in [0.1, 0.15) is 6.61 Å². The Hall–Kier alpha value is -2.07. The van der Waals surface area contributed by atoms with Crippen molar-refractivity contribution in [2.24, 2.45) is 5.41 Å². The smallest absolute Gasteiger partial charge is 0.272 e. The molecule has 0 aromatic carbocycles. The molecule has 1 aliphatic rings. The van der Waals surface area contributed by atoms with Gasteiger partial charge in [0.2, 0.25) is 5.88 Å². The second-order valence-electron chi connectivity index (χ2n) is 7.46. The van der Waals surface area contributed by atoms with Crippen molar-refractivity contribution in [1.82, 2.24) is 15.0 Å². The third-order valence-corrected chi connectivity index (χ3v) is 5.98. The van der Waals surface area contributed by atoms with Gasteiger partial charge in [0.15, 0.2) is 17.4 Å². The van der Waals surface area contributed by atoms with Crippen LogP contribution in [0, 0.1) is 5.41 Å². The molecule has 0 saturated carbocycles. The minimum Gasteiger partial charge on any atom is -0.482 e. The first kappa shape index (κ1) is 22.6. The summed E-state index contributed by atoms with van der Waals surface area (Å²) in [6, 6.07) is 1.35. The van der Waals surface area contributed by atoms with Crippen molar-refractivity contribution < 1.29 is 18.3 Å². The van der Waals surface area contributed by atoms with E-state index in [1.54, 1.807) is 0 Å². The number of alkyl halides is 2. The van der Waals surface area contributed by atoms with Gasteiger partial charge >= 0.3 is 0 Å². The fourth-order valence-electron chi connectivity index (χ4n) is 3.21. The Morgan fingerprint density at radius 3 is 2.73 bits per heavy atom. The van der Waals surface area contributed by atoms with E-state index in [0.717, 1.165) is 30.9 Å². The highest BCUT2D eigenvalue weighted by Crippen LogP contribution is 2.37. The zero-order valence-corrected chi connectivity index (χ0v) is 18.3. The largest absolute Gasteiger partial charge is 0.482 e. The Kier molecular flexibility index (Phi) is 7.41. The van der Waals surface area contributed by atoms with E-state index in [1.807, 2.05) is 23.7 Å². The minimum absolute atomic E-state index is 0.0106. The molecule has 0 bridgehead atoms. The molecule has 3 rings (SSSR count). The molecule has 2 aromatic heterocycles. The van der Waals surface area contributed by atoms with Gasteiger partial charge < -0.3 is 20.1 Å². The summed E-state index contributed by atoms with van der Waals surface area (Å²) in [6.45, 7) is 2.23. The Bertz CT molecular complexity index is 871. The van der Waals surface area contributed by atoms with Crippen molar-refractivity contribution in [2.75, 3.05) is 42.3 Å². The summed E-state index contributed by atoms with van der Waals surface area (Å²) in [6.07, 6.45) is 2.26. The van der Waals surface area contributed by atoms with Gasteiger partial charge in [-0.2, -0.15) is 16.7 Å². The fraction of sp³-hybridized carbons (Fsp3) is 0.526. The molecule has 164 valence electrons. The van der Waals surface area contributed by atoms with E-state index in [1.165, 1.54) is 18.5 Å². The molecule has 0 atom stereocenters. The highest BCUT2D eigenvalue weighted by atomic mass is 35.5.